The lowest BCUT2D eigenvalue weighted by molar-refractivity contribution is -0.200. The predicted octanol–water partition coefficient (Wildman–Crippen LogP) is 2.10. The van der Waals surface area contributed by atoms with Crippen molar-refractivity contribution in [2.75, 3.05) is 26.7 Å². The van der Waals surface area contributed by atoms with Crippen LogP contribution in [0.4, 0.5) is 4.79 Å². The molecule has 1 N–H and O–H groups in total. The molecule has 2 amide bonds. The lowest BCUT2D eigenvalue weighted by Crippen LogP contribution is -2.63. The zero-order valence-corrected chi connectivity index (χ0v) is 14.9. The summed E-state index contributed by atoms with van der Waals surface area (Å²) in [6, 6.07) is 7.74. The molecule has 140 valence electrons. The average Bonchev–Trinajstić information content (AvgIpc) is 3.40. The molecule has 7 nitrogen and oxygen atoms in total. The average molecular weight is 360 g/mol. The Morgan fingerprint density at radius 1 is 1.19 bits per heavy atom. The van der Waals surface area contributed by atoms with E-state index in [2.05, 4.69) is 0 Å². The van der Waals surface area contributed by atoms with Crippen LogP contribution in [-0.4, -0.2) is 64.9 Å². The first-order valence-corrected chi connectivity index (χ1v) is 9.06. The van der Waals surface area contributed by atoms with Crippen molar-refractivity contribution in [3.63, 3.8) is 0 Å². The van der Waals surface area contributed by atoms with E-state index in [0.717, 1.165) is 24.2 Å². The van der Waals surface area contributed by atoms with Gasteiger partial charge in [0.25, 0.3) is 5.91 Å². The molecule has 2 heterocycles. The van der Waals surface area contributed by atoms with Gasteiger partial charge in [-0.3, -0.25) is 4.79 Å². The molecule has 0 unspecified atom stereocenters. The maximum atomic E-state index is 12.9. The van der Waals surface area contributed by atoms with Gasteiger partial charge in [-0.15, -0.1) is 0 Å². The van der Waals surface area contributed by atoms with Crippen LogP contribution < -0.4 is 4.74 Å². The van der Waals surface area contributed by atoms with Crippen LogP contribution in [0, 0.1) is 0 Å². The van der Waals surface area contributed by atoms with Crippen LogP contribution in [-0.2, 0) is 16.1 Å². The largest absolute Gasteiger partial charge is 0.497 e. The second-order valence-corrected chi connectivity index (χ2v) is 7.56. The van der Waals surface area contributed by atoms with Gasteiger partial charge in [0, 0.05) is 19.6 Å². The number of amides is 2. The number of morpholine rings is 1. The van der Waals surface area contributed by atoms with Crippen molar-refractivity contribution in [2.45, 2.75) is 43.4 Å². The number of benzene rings is 1. The molecule has 2 aliphatic heterocycles. The van der Waals surface area contributed by atoms with E-state index in [4.69, 9.17) is 9.47 Å². The normalized spacial score (nSPS) is 23.3. The summed E-state index contributed by atoms with van der Waals surface area (Å²) in [6.45, 7) is 1.97. The van der Waals surface area contributed by atoms with E-state index in [9.17, 15) is 14.7 Å². The number of ether oxygens (including phenoxy) is 2. The van der Waals surface area contributed by atoms with Crippen molar-refractivity contribution < 1.29 is 24.2 Å². The maximum absolute atomic E-state index is 12.9. The van der Waals surface area contributed by atoms with Gasteiger partial charge >= 0.3 is 6.09 Å². The summed E-state index contributed by atoms with van der Waals surface area (Å²) in [5, 5.41) is 9.18. The summed E-state index contributed by atoms with van der Waals surface area (Å²) in [6.07, 6.45) is 1.90. The Hall–Kier alpha value is -2.28. The Bertz CT molecular complexity index is 705. The number of likely N-dealkylation sites (tertiary alicyclic amines) is 1. The molecule has 0 bridgehead atoms. The molecule has 3 aliphatic rings. The first-order chi connectivity index (χ1) is 12.5. The number of carbonyl (C=O) groups is 2. The third-order valence-electron chi connectivity index (χ3n) is 5.75. The number of hydrogen-bond donors (Lipinski definition) is 1. The number of hydrogen-bond acceptors (Lipinski definition) is 4. The van der Waals surface area contributed by atoms with Crippen molar-refractivity contribution in [2.24, 2.45) is 0 Å². The molecule has 26 heavy (non-hydrogen) atoms. The van der Waals surface area contributed by atoms with Crippen molar-refractivity contribution >= 4 is 12.0 Å². The van der Waals surface area contributed by atoms with Gasteiger partial charge in [-0.2, -0.15) is 0 Å². The highest BCUT2D eigenvalue weighted by atomic mass is 16.5. The molecule has 2 spiro atoms. The topological polar surface area (TPSA) is 79.3 Å². The van der Waals surface area contributed by atoms with Gasteiger partial charge in [-0.1, -0.05) is 12.1 Å². The summed E-state index contributed by atoms with van der Waals surface area (Å²) in [5.41, 5.74) is -0.0474. The fourth-order valence-electron chi connectivity index (χ4n) is 4.07. The van der Waals surface area contributed by atoms with Crippen LogP contribution in [0.1, 0.15) is 31.2 Å². The molecule has 0 atom stereocenters. The van der Waals surface area contributed by atoms with Gasteiger partial charge in [0.05, 0.1) is 19.3 Å². The molecule has 2 saturated heterocycles. The van der Waals surface area contributed by atoms with Crippen LogP contribution in [0.25, 0.3) is 0 Å². The minimum Gasteiger partial charge on any atom is -0.497 e. The monoisotopic (exact) mass is 360 g/mol. The first-order valence-electron chi connectivity index (χ1n) is 9.06. The van der Waals surface area contributed by atoms with Crippen LogP contribution in [0.15, 0.2) is 24.3 Å². The molecule has 1 aliphatic carbocycles. The minimum atomic E-state index is -0.886. The maximum Gasteiger partial charge on any atom is 0.407 e. The highest BCUT2D eigenvalue weighted by Crippen LogP contribution is 2.50. The summed E-state index contributed by atoms with van der Waals surface area (Å²) >= 11 is 0. The molecule has 0 aromatic heterocycles. The first kappa shape index (κ1) is 17.1. The van der Waals surface area contributed by atoms with E-state index < -0.39 is 17.3 Å². The van der Waals surface area contributed by atoms with Gasteiger partial charge in [0.15, 0.2) is 0 Å². The lowest BCUT2D eigenvalue weighted by Gasteiger charge is -2.49. The fourth-order valence-corrected chi connectivity index (χ4v) is 4.07. The number of nitrogens with zero attached hydrogens (tertiary/aromatic N) is 2. The SMILES string of the molecule is COc1ccc(CN2CC3(CCN(C(=O)O)CC3)OC3(CC3)C2=O)cc1. The van der Waals surface area contributed by atoms with Crippen LogP contribution >= 0.6 is 0 Å². The van der Waals surface area contributed by atoms with E-state index in [1.807, 2.05) is 29.2 Å². The second-order valence-electron chi connectivity index (χ2n) is 7.56. The Morgan fingerprint density at radius 2 is 1.85 bits per heavy atom. The third kappa shape index (κ3) is 3.00. The standard InChI is InChI=1S/C19H24N2O5/c1-25-15-4-2-14(3-5-15)12-21-13-18(26-19(6-7-19)16(21)22)8-10-20(11-9-18)17(23)24/h2-5H,6-13H2,1H3,(H,23,24). The molecule has 7 heteroatoms. The van der Waals surface area contributed by atoms with E-state index in [1.54, 1.807) is 7.11 Å². The van der Waals surface area contributed by atoms with Crippen molar-refractivity contribution in [3.05, 3.63) is 29.8 Å². The number of methoxy groups -OCH3 is 1. The number of rotatable bonds is 3. The van der Waals surface area contributed by atoms with Gasteiger partial charge in [0.2, 0.25) is 0 Å². The number of carbonyl (C=O) groups excluding carboxylic acids is 1. The molecular weight excluding hydrogens is 336 g/mol. The summed E-state index contributed by atoms with van der Waals surface area (Å²) < 4.78 is 11.5. The molecule has 1 saturated carbocycles. The van der Waals surface area contributed by atoms with Crippen LogP contribution in [0.2, 0.25) is 0 Å². The highest BCUT2D eigenvalue weighted by molar-refractivity contribution is 5.89. The summed E-state index contributed by atoms with van der Waals surface area (Å²) in [7, 11) is 1.63. The Labute approximate surface area is 152 Å². The summed E-state index contributed by atoms with van der Waals surface area (Å²) in [4.78, 5) is 27.4. The van der Waals surface area contributed by atoms with Crippen molar-refractivity contribution in [1.29, 1.82) is 0 Å². The quantitative estimate of drug-likeness (QED) is 0.893. The molecular formula is C19H24N2O5. The molecule has 4 rings (SSSR count). The van der Waals surface area contributed by atoms with E-state index in [0.29, 0.717) is 39.0 Å². The van der Waals surface area contributed by atoms with Gasteiger partial charge in [-0.25, -0.2) is 4.79 Å². The fraction of sp³-hybridized carbons (Fsp3) is 0.579. The number of piperidine rings is 1. The Balaban J connectivity index is 1.51. The lowest BCUT2D eigenvalue weighted by atomic mass is 9.88. The van der Waals surface area contributed by atoms with Gasteiger partial charge in [0.1, 0.15) is 11.4 Å². The molecule has 0 radical (unpaired) electrons. The summed E-state index contributed by atoms with van der Waals surface area (Å²) in [5.74, 6) is 0.859. The molecule has 3 fully saturated rings. The van der Waals surface area contributed by atoms with Gasteiger partial charge in [-0.05, 0) is 43.4 Å². The zero-order chi connectivity index (χ0) is 18.4. The second kappa shape index (κ2) is 6.16. The minimum absolute atomic E-state index is 0.0691. The number of carboxylic acid groups (broad SMARTS) is 1. The highest BCUT2D eigenvalue weighted by Gasteiger charge is 2.61. The Morgan fingerprint density at radius 3 is 2.38 bits per heavy atom. The molecule has 1 aromatic rings. The third-order valence-corrected chi connectivity index (χ3v) is 5.75. The smallest absolute Gasteiger partial charge is 0.407 e. The van der Waals surface area contributed by atoms with Crippen molar-refractivity contribution in [3.8, 4) is 5.75 Å². The predicted molar refractivity (Wildman–Crippen MR) is 93.0 cm³/mol. The van der Waals surface area contributed by atoms with Crippen LogP contribution in [0.5, 0.6) is 5.75 Å². The van der Waals surface area contributed by atoms with E-state index >= 15 is 0 Å². The zero-order valence-electron chi connectivity index (χ0n) is 14.9. The van der Waals surface area contributed by atoms with Crippen molar-refractivity contribution in [1.82, 2.24) is 9.80 Å². The Kier molecular flexibility index (Phi) is 4.06. The van der Waals surface area contributed by atoms with Crippen LogP contribution in [0.3, 0.4) is 0 Å². The van der Waals surface area contributed by atoms with E-state index in [1.165, 1.54) is 4.90 Å². The van der Waals surface area contributed by atoms with Gasteiger partial charge < -0.3 is 24.4 Å². The molecule has 1 aromatic carbocycles. The van der Waals surface area contributed by atoms with E-state index in [-0.39, 0.29) is 5.91 Å².